The third-order valence-electron chi connectivity index (χ3n) is 4.92. The SMILES string of the molecule is CCc1cc(CC2(C(=O)O)CCC(C)(C)CC2)n(C)n1. The van der Waals surface area contributed by atoms with Gasteiger partial charge in [-0.25, -0.2) is 0 Å². The average molecular weight is 278 g/mol. The van der Waals surface area contributed by atoms with Crippen LogP contribution in [-0.4, -0.2) is 20.9 Å². The molecule has 1 fully saturated rings. The Kier molecular flexibility index (Phi) is 3.94. The van der Waals surface area contributed by atoms with Crippen molar-refractivity contribution in [1.82, 2.24) is 9.78 Å². The van der Waals surface area contributed by atoms with E-state index in [9.17, 15) is 9.90 Å². The summed E-state index contributed by atoms with van der Waals surface area (Å²) in [6, 6.07) is 2.06. The number of nitrogens with zero attached hydrogens (tertiary/aromatic N) is 2. The van der Waals surface area contributed by atoms with Crippen LogP contribution < -0.4 is 0 Å². The number of aliphatic carboxylic acids is 1. The summed E-state index contributed by atoms with van der Waals surface area (Å²) in [5, 5.41) is 14.2. The molecule has 1 saturated carbocycles. The Hall–Kier alpha value is -1.32. The smallest absolute Gasteiger partial charge is 0.310 e. The molecular formula is C16H26N2O2. The Labute approximate surface area is 121 Å². The number of aromatic nitrogens is 2. The zero-order valence-electron chi connectivity index (χ0n) is 13.1. The zero-order valence-corrected chi connectivity index (χ0v) is 13.1. The second-order valence-corrected chi connectivity index (χ2v) is 7.03. The van der Waals surface area contributed by atoms with Gasteiger partial charge in [0.2, 0.25) is 0 Å². The molecule has 2 rings (SSSR count). The van der Waals surface area contributed by atoms with E-state index in [2.05, 4.69) is 31.9 Å². The number of hydrogen-bond donors (Lipinski definition) is 1. The molecule has 4 nitrogen and oxygen atoms in total. The van der Waals surface area contributed by atoms with E-state index in [0.717, 1.165) is 43.5 Å². The van der Waals surface area contributed by atoms with Crippen molar-refractivity contribution in [3.63, 3.8) is 0 Å². The molecule has 0 saturated heterocycles. The zero-order chi connectivity index (χ0) is 15.0. The Morgan fingerprint density at radius 1 is 1.35 bits per heavy atom. The minimum atomic E-state index is -0.646. The van der Waals surface area contributed by atoms with Crippen molar-refractivity contribution in [2.24, 2.45) is 17.9 Å². The molecule has 1 aliphatic rings. The predicted molar refractivity (Wildman–Crippen MR) is 78.6 cm³/mol. The first-order chi connectivity index (χ1) is 9.28. The van der Waals surface area contributed by atoms with Crippen molar-refractivity contribution in [1.29, 1.82) is 0 Å². The number of hydrogen-bond acceptors (Lipinski definition) is 2. The molecule has 20 heavy (non-hydrogen) atoms. The Morgan fingerprint density at radius 2 is 1.95 bits per heavy atom. The molecule has 1 aromatic rings. The van der Waals surface area contributed by atoms with Gasteiger partial charge in [0.1, 0.15) is 0 Å². The molecule has 0 bridgehead atoms. The largest absolute Gasteiger partial charge is 0.481 e. The lowest BCUT2D eigenvalue weighted by atomic mass is 9.63. The van der Waals surface area contributed by atoms with Crippen LogP contribution in [0.5, 0.6) is 0 Å². The normalized spacial score (nSPS) is 20.8. The van der Waals surface area contributed by atoms with E-state index >= 15 is 0 Å². The summed E-state index contributed by atoms with van der Waals surface area (Å²) in [5.41, 5.74) is 1.76. The molecule has 0 atom stereocenters. The van der Waals surface area contributed by atoms with Gasteiger partial charge in [-0.1, -0.05) is 20.8 Å². The van der Waals surface area contributed by atoms with Crippen LogP contribution in [0.25, 0.3) is 0 Å². The van der Waals surface area contributed by atoms with Crippen molar-refractivity contribution in [2.45, 2.75) is 59.3 Å². The molecular weight excluding hydrogens is 252 g/mol. The van der Waals surface area contributed by atoms with Gasteiger partial charge in [-0.05, 0) is 43.6 Å². The predicted octanol–water partition coefficient (Wildman–Crippen LogP) is 3.20. The highest BCUT2D eigenvalue weighted by Crippen LogP contribution is 2.46. The van der Waals surface area contributed by atoms with Gasteiger partial charge in [0, 0.05) is 19.2 Å². The maximum Gasteiger partial charge on any atom is 0.310 e. The molecule has 1 heterocycles. The molecule has 4 heteroatoms. The van der Waals surface area contributed by atoms with Crippen molar-refractivity contribution >= 4 is 5.97 Å². The van der Waals surface area contributed by atoms with Gasteiger partial charge in [0.15, 0.2) is 0 Å². The highest BCUT2D eigenvalue weighted by molar-refractivity contribution is 5.75. The molecule has 0 aliphatic heterocycles. The summed E-state index contributed by atoms with van der Waals surface area (Å²) in [6.45, 7) is 6.54. The topological polar surface area (TPSA) is 55.1 Å². The first-order valence-corrected chi connectivity index (χ1v) is 7.53. The van der Waals surface area contributed by atoms with Gasteiger partial charge in [-0.3, -0.25) is 9.48 Å². The van der Waals surface area contributed by atoms with Crippen LogP contribution in [0.3, 0.4) is 0 Å². The first kappa shape index (κ1) is 15.1. The first-order valence-electron chi connectivity index (χ1n) is 7.53. The number of carbonyl (C=O) groups is 1. The van der Waals surface area contributed by atoms with Crippen molar-refractivity contribution < 1.29 is 9.90 Å². The second kappa shape index (κ2) is 5.23. The minimum Gasteiger partial charge on any atom is -0.481 e. The summed E-state index contributed by atoms with van der Waals surface area (Å²) in [6.07, 6.45) is 4.99. The molecule has 0 radical (unpaired) electrons. The Bertz CT molecular complexity index is 493. The molecule has 0 amide bonds. The summed E-state index contributed by atoms with van der Waals surface area (Å²) in [4.78, 5) is 11.8. The van der Waals surface area contributed by atoms with Crippen molar-refractivity contribution in [2.75, 3.05) is 0 Å². The van der Waals surface area contributed by atoms with Crippen molar-refractivity contribution in [3.8, 4) is 0 Å². The molecule has 1 aromatic heterocycles. The summed E-state index contributed by atoms with van der Waals surface area (Å²) in [7, 11) is 1.91. The van der Waals surface area contributed by atoms with Crippen molar-refractivity contribution in [3.05, 3.63) is 17.5 Å². The molecule has 0 unspecified atom stereocenters. The second-order valence-electron chi connectivity index (χ2n) is 7.03. The Morgan fingerprint density at radius 3 is 2.40 bits per heavy atom. The van der Waals surface area contributed by atoms with E-state index in [-0.39, 0.29) is 5.41 Å². The van der Waals surface area contributed by atoms with Gasteiger partial charge in [0.25, 0.3) is 0 Å². The third-order valence-corrected chi connectivity index (χ3v) is 4.92. The quantitative estimate of drug-likeness (QED) is 0.920. The number of carboxylic acids is 1. The van der Waals surface area contributed by atoms with E-state index < -0.39 is 11.4 Å². The van der Waals surface area contributed by atoms with Gasteiger partial charge < -0.3 is 5.11 Å². The highest BCUT2D eigenvalue weighted by Gasteiger charge is 2.44. The highest BCUT2D eigenvalue weighted by atomic mass is 16.4. The summed E-state index contributed by atoms with van der Waals surface area (Å²) >= 11 is 0. The lowest BCUT2D eigenvalue weighted by molar-refractivity contribution is -0.152. The molecule has 112 valence electrons. The lowest BCUT2D eigenvalue weighted by Gasteiger charge is -2.40. The third kappa shape index (κ3) is 2.89. The van der Waals surface area contributed by atoms with E-state index in [4.69, 9.17) is 0 Å². The number of rotatable bonds is 4. The van der Waals surface area contributed by atoms with Crippen LogP contribution in [0, 0.1) is 10.8 Å². The van der Waals surface area contributed by atoms with E-state index in [1.807, 2.05) is 11.7 Å². The van der Waals surface area contributed by atoms with Crippen LogP contribution in [-0.2, 0) is 24.7 Å². The fraction of sp³-hybridized carbons (Fsp3) is 0.750. The average Bonchev–Trinajstić information content (AvgIpc) is 2.73. The van der Waals surface area contributed by atoms with Crippen LogP contribution in [0.1, 0.15) is 57.8 Å². The molecule has 0 aromatic carbocycles. The number of aryl methyl sites for hydroxylation is 2. The minimum absolute atomic E-state index is 0.278. The fourth-order valence-corrected chi connectivity index (χ4v) is 3.13. The van der Waals surface area contributed by atoms with Gasteiger partial charge in [-0.15, -0.1) is 0 Å². The van der Waals surface area contributed by atoms with Crippen LogP contribution in [0.15, 0.2) is 6.07 Å². The van der Waals surface area contributed by atoms with Gasteiger partial charge in [0.05, 0.1) is 11.1 Å². The monoisotopic (exact) mass is 278 g/mol. The maximum absolute atomic E-state index is 11.8. The molecule has 1 aliphatic carbocycles. The molecule has 1 N–H and O–H groups in total. The lowest BCUT2D eigenvalue weighted by Crippen LogP contribution is -2.40. The van der Waals surface area contributed by atoms with Crippen LogP contribution in [0.2, 0.25) is 0 Å². The van der Waals surface area contributed by atoms with Gasteiger partial charge >= 0.3 is 5.97 Å². The summed E-state index contributed by atoms with van der Waals surface area (Å²) < 4.78 is 1.85. The van der Waals surface area contributed by atoms with E-state index in [1.165, 1.54) is 0 Å². The van der Waals surface area contributed by atoms with Crippen LogP contribution >= 0.6 is 0 Å². The number of carboxylic acid groups (broad SMARTS) is 1. The van der Waals surface area contributed by atoms with E-state index in [1.54, 1.807) is 0 Å². The van der Waals surface area contributed by atoms with Crippen LogP contribution in [0.4, 0.5) is 0 Å². The Balaban J connectivity index is 2.22. The van der Waals surface area contributed by atoms with Gasteiger partial charge in [-0.2, -0.15) is 5.10 Å². The summed E-state index contributed by atoms with van der Waals surface area (Å²) in [5.74, 6) is -0.646. The molecule has 0 spiro atoms. The maximum atomic E-state index is 11.8. The standard InChI is InChI=1S/C16H26N2O2/c1-5-12-10-13(18(4)17-12)11-16(14(19)20)8-6-15(2,3)7-9-16/h10H,5-9,11H2,1-4H3,(H,19,20). The van der Waals surface area contributed by atoms with E-state index in [0.29, 0.717) is 6.42 Å². The fourth-order valence-electron chi connectivity index (χ4n) is 3.13.